The fraction of sp³-hybridized carbons (Fsp3) is 1.00. The van der Waals surface area contributed by atoms with Crippen LogP contribution in [0.25, 0.3) is 0 Å². The summed E-state index contributed by atoms with van der Waals surface area (Å²) in [5.74, 6) is 0.749. The van der Waals surface area contributed by atoms with Crippen molar-refractivity contribution < 1.29 is 4.74 Å². The zero-order valence-corrected chi connectivity index (χ0v) is 11.5. The maximum atomic E-state index is 6.48. The van der Waals surface area contributed by atoms with E-state index in [4.69, 9.17) is 4.74 Å². The van der Waals surface area contributed by atoms with Crippen LogP contribution >= 0.6 is 0 Å². The van der Waals surface area contributed by atoms with Gasteiger partial charge in [-0.05, 0) is 50.4 Å². The summed E-state index contributed by atoms with van der Waals surface area (Å²) in [7, 11) is 0. The Morgan fingerprint density at radius 1 is 1.25 bits per heavy atom. The van der Waals surface area contributed by atoms with Gasteiger partial charge >= 0.3 is 0 Å². The molecule has 1 aliphatic carbocycles. The van der Waals surface area contributed by atoms with Crippen LogP contribution in [0.4, 0.5) is 0 Å². The van der Waals surface area contributed by atoms with Crippen molar-refractivity contribution in [2.45, 2.75) is 84.3 Å². The monoisotopic (exact) mass is 224 g/mol. The van der Waals surface area contributed by atoms with Gasteiger partial charge in [-0.15, -0.1) is 0 Å². The van der Waals surface area contributed by atoms with E-state index in [0.29, 0.717) is 11.5 Å². The van der Waals surface area contributed by atoms with E-state index in [2.05, 4.69) is 27.7 Å². The number of ether oxygens (including phenoxy) is 1. The molecule has 4 atom stereocenters. The molecule has 1 saturated carbocycles. The maximum Gasteiger partial charge on any atom is 0.0684 e. The third-order valence-electron chi connectivity index (χ3n) is 5.49. The Hall–Kier alpha value is -0.0400. The summed E-state index contributed by atoms with van der Waals surface area (Å²) in [4.78, 5) is 0. The minimum atomic E-state index is 0.190. The molecule has 2 heterocycles. The van der Waals surface area contributed by atoms with E-state index in [0.717, 1.165) is 5.92 Å². The zero-order chi connectivity index (χ0) is 11.8. The third kappa shape index (κ3) is 1.81. The van der Waals surface area contributed by atoms with Gasteiger partial charge in [0.05, 0.1) is 11.7 Å². The topological polar surface area (TPSA) is 9.23 Å². The summed E-state index contributed by atoms with van der Waals surface area (Å²) in [5.41, 5.74) is 0.710. The van der Waals surface area contributed by atoms with Crippen molar-refractivity contribution in [1.29, 1.82) is 0 Å². The minimum Gasteiger partial charge on any atom is -0.371 e. The molecule has 0 aromatic rings. The Bertz CT molecular complexity index is 250. The fourth-order valence-corrected chi connectivity index (χ4v) is 3.89. The smallest absolute Gasteiger partial charge is 0.0684 e. The van der Waals surface area contributed by atoms with Crippen LogP contribution in [-0.2, 0) is 4.74 Å². The summed E-state index contributed by atoms with van der Waals surface area (Å²) in [6.45, 7) is 9.38. The van der Waals surface area contributed by atoms with Gasteiger partial charge in [0, 0.05) is 0 Å². The highest BCUT2D eigenvalue weighted by Crippen LogP contribution is 2.57. The largest absolute Gasteiger partial charge is 0.371 e. The molecule has 3 fully saturated rings. The van der Waals surface area contributed by atoms with Crippen LogP contribution in [0.15, 0.2) is 0 Å². The minimum absolute atomic E-state index is 0.190. The van der Waals surface area contributed by atoms with Crippen LogP contribution in [0.3, 0.4) is 0 Å². The van der Waals surface area contributed by atoms with Crippen molar-refractivity contribution in [1.82, 2.24) is 0 Å². The second-order valence-corrected chi connectivity index (χ2v) is 6.38. The number of hydrogen-bond acceptors (Lipinski definition) is 1. The number of rotatable bonds is 4. The normalized spacial score (nSPS) is 47.2. The first kappa shape index (κ1) is 12.4. The Balaban J connectivity index is 2.14. The molecule has 3 rings (SSSR count). The fourth-order valence-electron chi connectivity index (χ4n) is 3.89. The molecular formula is C15H28O. The van der Waals surface area contributed by atoms with Gasteiger partial charge < -0.3 is 4.74 Å². The van der Waals surface area contributed by atoms with Gasteiger partial charge in [-0.25, -0.2) is 0 Å². The molecule has 0 radical (unpaired) electrons. The van der Waals surface area contributed by atoms with Crippen LogP contribution in [0.5, 0.6) is 0 Å². The van der Waals surface area contributed by atoms with Crippen LogP contribution in [-0.4, -0.2) is 11.7 Å². The van der Waals surface area contributed by atoms with E-state index in [1.165, 1.54) is 44.9 Å². The maximum absolute atomic E-state index is 6.48. The molecule has 16 heavy (non-hydrogen) atoms. The van der Waals surface area contributed by atoms with E-state index in [1.807, 2.05) is 0 Å². The van der Waals surface area contributed by atoms with Crippen LogP contribution in [0.2, 0.25) is 0 Å². The highest BCUT2D eigenvalue weighted by atomic mass is 16.5. The Kier molecular flexibility index (Phi) is 3.36. The van der Waals surface area contributed by atoms with E-state index in [-0.39, 0.29) is 5.60 Å². The first-order valence-corrected chi connectivity index (χ1v) is 7.24. The predicted octanol–water partition coefficient (Wildman–Crippen LogP) is 4.55. The first-order valence-electron chi connectivity index (χ1n) is 7.24. The summed E-state index contributed by atoms with van der Waals surface area (Å²) in [6, 6.07) is 0. The van der Waals surface area contributed by atoms with Crippen molar-refractivity contribution >= 4 is 0 Å². The molecular weight excluding hydrogens is 196 g/mol. The van der Waals surface area contributed by atoms with E-state index < -0.39 is 0 Å². The summed E-state index contributed by atoms with van der Waals surface area (Å²) >= 11 is 0. The lowest BCUT2D eigenvalue weighted by Gasteiger charge is -2.60. The van der Waals surface area contributed by atoms with Gasteiger partial charge in [0.15, 0.2) is 0 Å². The number of fused-ring (bicyclic) bond motifs is 3. The van der Waals surface area contributed by atoms with E-state index in [1.54, 1.807) is 0 Å². The van der Waals surface area contributed by atoms with Crippen LogP contribution in [0.1, 0.15) is 72.6 Å². The lowest BCUT2D eigenvalue weighted by Crippen LogP contribution is -2.59. The molecule has 0 amide bonds. The van der Waals surface area contributed by atoms with Gasteiger partial charge in [0.25, 0.3) is 0 Å². The summed E-state index contributed by atoms with van der Waals surface area (Å²) < 4.78 is 6.48. The molecule has 1 heteroatoms. The number of unbranched alkanes of at least 4 members (excludes halogenated alkanes) is 1. The van der Waals surface area contributed by atoms with E-state index in [9.17, 15) is 0 Å². The highest BCUT2D eigenvalue weighted by Gasteiger charge is 2.55. The molecule has 0 aromatic carbocycles. The molecule has 1 nitrogen and oxygen atoms in total. The predicted molar refractivity (Wildman–Crippen MR) is 68.5 cm³/mol. The summed E-state index contributed by atoms with van der Waals surface area (Å²) in [6.07, 6.45) is 9.85. The van der Waals surface area contributed by atoms with E-state index >= 15 is 0 Å². The SMILES string of the molecule is CCCC[C@@H]1O[C@]2(C)CCC1(CC)CC2C. The highest BCUT2D eigenvalue weighted by molar-refractivity contribution is 5.04. The van der Waals surface area contributed by atoms with Crippen molar-refractivity contribution in [3.05, 3.63) is 0 Å². The molecule has 2 saturated heterocycles. The van der Waals surface area contributed by atoms with Gasteiger partial charge in [-0.1, -0.05) is 33.6 Å². The Morgan fingerprint density at radius 2 is 2.00 bits per heavy atom. The van der Waals surface area contributed by atoms with Gasteiger partial charge in [0.2, 0.25) is 0 Å². The number of hydrogen-bond donors (Lipinski definition) is 0. The van der Waals surface area contributed by atoms with Crippen molar-refractivity contribution in [3.8, 4) is 0 Å². The zero-order valence-electron chi connectivity index (χ0n) is 11.5. The quantitative estimate of drug-likeness (QED) is 0.680. The van der Waals surface area contributed by atoms with Crippen molar-refractivity contribution in [2.24, 2.45) is 11.3 Å². The lowest BCUT2D eigenvalue weighted by molar-refractivity contribution is -0.254. The molecule has 0 N–H and O–H groups in total. The first-order chi connectivity index (χ1) is 7.56. The second kappa shape index (κ2) is 4.33. The molecule has 3 aliphatic rings. The van der Waals surface area contributed by atoms with Gasteiger partial charge in [-0.2, -0.15) is 0 Å². The standard InChI is InChI=1S/C15H28O/c1-5-7-8-13-15(6-2)10-9-14(4,16-13)12(3)11-15/h12-13H,5-11H2,1-4H3/t12?,13-,14+,15?/m0/s1. The third-order valence-corrected chi connectivity index (χ3v) is 5.49. The lowest BCUT2D eigenvalue weighted by atomic mass is 9.57. The molecule has 0 aromatic heterocycles. The molecule has 94 valence electrons. The summed E-state index contributed by atoms with van der Waals surface area (Å²) in [5, 5.41) is 0. The van der Waals surface area contributed by atoms with Gasteiger partial charge in [-0.3, -0.25) is 0 Å². The Morgan fingerprint density at radius 3 is 2.56 bits per heavy atom. The molecule has 0 spiro atoms. The molecule has 2 bridgehead atoms. The molecule has 2 aliphatic heterocycles. The van der Waals surface area contributed by atoms with Crippen molar-refractivity contribution in [2.75, 3.05) is 0 Å². The Labute approximate surface area is 101 Å². The van der Waals surface area contributed by atoms with Crippen molar-refractivity contribution in [3.63, 3.8) is 0 Å². The average molecular weight is 224 g/mol. The molecule has 2 unspecified atom stereocenters. The van der Waals surface area contributed by atoms with Gasteiger partial charge in [0.1, 0.15) is 0 Å². The van der Waals surface area contributed by atoms with Crippen LogP contribution < -0.4 is 0 Å². The average Bonchev–Trinajstić information content (AvgIpc) is 2.28. The second-order valence-electron chi connectivity index (χ2n) is 6.38. The van der Waals surface area contributed by atoms with Crippen LogP contribution in [0, 0.1) is 11.3 Å².